The molecule has 0 aromatic heterocycles. The fourth-order valence-electron chi connectivity index (χ4n) is 0.550. The number of carbonyl (C=O) groups excluding carboxylic acids is 1. The fourth-order valence-corrected chi connectivity index (χ4v) is 0.550. The predicted molar refractivity (Wildman–Crippen MR) is 23.3 cm³/mol. The second-order valence-corrected chi connectivity index (χ2v) is 1.43. The number of amides is 1. The summed E-state index contributed by atoms with van der Waals surface area (Å²) < 4.78 is 0. The molecule has 1 heterocycles. The van der Waals surface area contributed by atoms with Gasteiger partial charge in [0, 0.05) is 0 Å². The third kappa shape index (κ3) is 0.899. The molecule has 40 valence electrons. The molecule has 3 heteroatoms. The van der Waals surface area contributed by atoms with Crippen molar-refractivity contribution < 1.29 is 9.63 Å². The Morgan fingerprint density at radius 2 is 2.57 bits per heavy atom. The van der Waals surface area contributed by atoms with Gasteiger partial charge in [-0.1, -0.05) is 0 Å². The number of nitrogens with zero attached hydrogens (tertiary/aromatic N) is 1. The predicted octanol–water partition coefficient (Wildman–Crippen LogP) is -0.220. The van der Waals surface area contributed by atoms with Gasteiger partial charge in [0.05, 0.1) is 13.2 Å². The van der Waals surface area contributed by atoms with Crippen LogP contribution in [0.5, 0.6) is 0 Å². The van der Waals surface area contributed by atoms with Crippen LogP contribution in [0.25, 0.3) is 0 Å². The van der Waals surface area contributed by atoms with Gasteiger partial charge < -0.3 is 0 Å². The van der Waals surface area contributed by atoms with Crippen LogP contribution in [0.1, 0.15) is 6.42 Å². The number of hydroxylamine groups is 2. The molecule has 1 aliphatic heterocycles. The van der Waals surface area contributed by atoms with Gasteiger partial charge in [-0.2, -0.15) is 0 Å². The minimum absolute atomic E-state index is 0.693. The molecule has 0 bridgehead atoms. The third-order valence-corrected chi connectivity index (χ3v) is 0.898. The van der Waals surface area contributed by atoms with Crippen LogP contribution in [0.2, 0.25) is 0 Å². The first-order chi connectivity index (χ1) is 3.43. The van der Waals surface area contributed by atoms with E-state index in [0.29, 0.717) is 13.0 Å². The first-order valence-corrected chi connectivity index (χ1v) is 2.28. The number of carbonyl (C=O) groups is 1. The van der Waals surface area contributed by atoms with Crippen LogP contribution in [0, 0.1) is 0 Å². The van der Waals surface area contributed by atoms with E-state index in [1.165, 1.54) is 5.06 Å². The van der Waals surface area contributed by atoms with Crippen molar-refractivity contribution in [1.29, 1.82) is 0 Å². The molecule has 0 aromatic rings. The SMILES string of the molecule is O=CN1CCCO1. The van der Waals surface area contributed by atoms with Gasteiger partial charge in [0.25, 0.3) is 0 Å². The van der Waals surface area contributed by atoms with Crippen LogP contribution in [0.4, 0.5) is 0 Å². The van der Waals surface area contributed by atoms with Crippen molar-refractivity contribution in [1.82, 2.24) is 5.06 Å². The molecule has 0 radical (unpaired) electrons. The molecular formula is C4H7NO2. The first-order valence-electron chi connectivity index (χ1n) is 2.28. The first kappa shape index (κ1) is 4.59. The zero-order valence-corrected chi connectivity index (χ0v) is 3.96. The van der Waals surface area contributed by atoms with Crippen LogP contribution in [-0.4, -0.2) is 24.6 Å². The molecule has 7 heavy (non-hydrogen) atoms. The molecule has 3 nitrogen and oxygen atoms in total. The molecule has 1 rings (SSSR count). The van der Waals surface area contributed by atoms with Crippen molar-refractivity contribution in [3.63, 3.8) is 0 Å². The molecule has 0 unspecified atom stereocenters. The summed E-state index contributed by atoms with van der Waals surface area (Å²) in [4.78, 5) is 14.6. The Morgan fingerprint density at radius 1 is 1.71 bits per heavy atom. The third-order valence-electron chi connectivity index (χ3n) is 0.898. The number of rotatable bonds is 1. The van der Waals surface area contributed by atoms with E-state index >= 15 is 0 Å². The van der Waals surface area contributed by atoms with Crippen LogP contribution >= 0.6 is 0 Å². The van der Waals surface area contributed by atoms with E-state index in [-0.39, 0.29) is 0 Å². The summed E-state index contributed by atoms with van der Waals surface area (Å²) >= 11 is 0. The van der Waals surface area contributed by atoms with Crippen LogP contribution in [-0.2, 0) is 9.63 Å². The maximum atomic E-state index is 9.81. The van der Waals surface area contributed by atoms with Crippen LogP contribution in [0.3, 0.4) is 0 Å². The van der Waals surface area contributed by atoms with Crippen molar-refractivity contribution in [2.24, 2.45) is 0 Å². The lowest BCUT2D eigenvalue weighted by Crippen LogP contribution is -2.13. The summed E-state index contributed by atoms with van der Waals surface area (Å²) in [7, 11) is 0. The van der Waals surface area contributed by atoms with E-state index in [1.807, 2.05) is 0 Å². The van der Waals surface area contributed by atoms with Gasteiger partial charge in [-0.05, 0) is 6.42 Å². The minimum atomic E-state index is 0.693. The van der Waals surface area contributed by atoms with Crippen molar-refractivity contribution in [2.75, 3.05) is 13.2 Å². The Bertz CT molecular complexity index is 68.1. The maximum absolute atomic E-state index is 9.81. The largest absolute Gasteiger partial charge is 0.276 e. The second kappa shape index (κ2) is 1.93. The van der Waals surface area contributed by atoms with Crippen molar-refractivity contribution >= 4 is 6.41 Å². The standard InChI is InChI=1S/C4H7NO2/c6-4-5-2-1-3-7-5/h4H,1-3H2. The summed E-state index contributed by atoms with van der Waals surface area (Å²) in [5.41, 5.74) is 0. The van der Waals surface area contributed by atoms with Crippen LogP contribution in [0.15, 0.2) is 0 Å². The van der Waals surface area contributed by atoms with Gasteiger partial charge in [0.2, 0.25) is 6.41 Å². The molecule has 0 aromatic carbocycles. The van der Waals surface area contributed by atoms with Crippen LogP contribution < -0.4 is 0 Å². The Hall–Kier alpha value is -0.570. The highest BCUT2D eigenvalue weighted by atomic mass is 16.7. The average Bonchev–Trinajstić information content (AvgIpc) is 2.14. The molecule has 0 atom stereocenters. The summed E-state index contributed by atoms with van der Waals surface area (Å²) in [6.45, 7) is 1.45. The summed E-state index contributed by atoms with van der Waals surface area (Å²) in [5.74, 6) is 0. The molecule has 0 aliphatic carbocycles. The van der Waals surface area contributed by atoms with Crippen molar-refractivity contribution in [3.8, 4) is 0 Å². The lowest BCUT2D eigenvalue weighted by molar-refractivity contribution is -0.153. The summed E-state index contributed by atoms with van der Waals surface area (Å²) in [5, 5.41) is 1.31. The molecule has 1 amide bonds. The van der Waals surface area contributed by atoms with E-state index in [2.05, 4.69) is 0 Å². The van der Waals surface area contributed by atoms with E-state index in [1.54, 1.807) is 0 Å². The summed E-state index contributed by atoms with van der Waals surface area (Å²) in [6.07, 6.45) is 1.67. The maximum Gasteiger partial charge on any atom is 0.233 e. The van der Waals surface area contributed by atoms with Gasteiger partial charge in [-0.25, -0.2) is 5.06 Å². The minimum Gasteiger partial charge on any atom is -0.276 e. The normalized spacial score (nSPS) is 20.3. The fraction of sp³-hybridized carbons (Fsp3) is 0.750. The molecule has 0 saturated carbocycles. The number of hydrogen-bond acceptors (Lipinski definition) is 2. The van der Waals surface area contributed by atoms with Gasteiger partial charge in [-0.3, -0.25) is 9.63 Å². The quantitative estimate of drug-likeness (QED) is 0.427. The highest BCUT2D eigenvalue weighted by Crippen LogP contribution is 1.98. The Labute approximate surface area is 41.8 Å². The smallest absolute Gasteiger partial charge is 0.233 e. The van der Waals surface area contributed by atoms with Gasteiger partial charge in [0.1, 0.15) is 0 Å². The Morgan fingerprint density at radius 3 is 2.86 bits per heavy atom. The van der Waals surface area contributed by atoms with Gasteiger partial charge in [-0.15, -0.1) is 0 Å². The molecular weight excluding hydrogens is 94.0 g/mol. The molecule has 1 saturated heterocycles. The highest BCUT2D eigenvalue weighted by molar-refractivity contribution is 5.45. The lowest BCUT2D eigenvalue weighted by atomic mass is 10.5. The van der Waals surface area contributed by atoms with E-state index in [9.17, 15) is 4.79 Å². The zero-order chi connectivity index (χ0) is 5.11. The van der Waals surface area contributed by atoms with E-state index < -0.39 is 0 Å². The monoisotopic (exact) mass is 101 g/mol. The summed E-state index contributed by atoms with van der Waals surface area (Å²) in [6, 6.07) is 0. The number of hydrogen-bond donors (Lipinski definition) is 0. The Kier molecular flexibility index (Phi) is 1.26. The zero-order valence-electron chi connectivity index (χ0n) is 3.96. The lowest BCUT2D eigenvalue weighted by Gasteiger charge is -2.02. The molecule has 0 spiro atoms. The second-order valence-electron chi connectivity index (χ2n) is 1.43. The highest BCUT2D eigenvalue weighted by Gasteiger charge is 2.07. The van der Waals surface area contributed by atoms with E-state index in [4.69, 9.17) is 4.84 Å². The molecule has 0 N–H and O–H groups in total. The Balaban J connectivity index is 2.26. The van der Waals surface area contributed by atoms with Crippen molar-refractivity contribution in [2.45, 2.75) is 6.42 Å². The van der Waals surface area contributed by atoms with Gasteiger partial charge in [0.15, 0.2) is 0 Å². The van der Waals surface area contributed by atoms with Gasteiger partial charge >= 0.3 is 0 Å². The van der Waals surface area contributed by atoms with E-state index in [0.717, 1.165) is 13.0 Å². The molecule has 1 aliphatic rings. The molecule has 1 fully saturated rings. The van der Waals surface area contributed by atoms with Crippen molar-refractivity contribution in [3.05, 3.63) is 0 Å². The average molecular weight is 101 g/mol. The topological polar surface area (TPSA) is 29.5 Å².